The molecule has 23 heavy (non-hydrogen) atoms. The SMILES string of the molecule is C[C@H]1Oc2ccccc2O[C@@H]1C(=O)Nc1cccc(C(=O)O)c1. The van der Waals surface area contributed by atoms with Gasteiger partial charge in [-0.2, -0.15) is 0 Å². The zero-order valence-corrected chi connectivity index (χ0v) is 12.4. The molecule has 2 aromatic rings. The summed E-state index contributed by atoms with van der Waals surface area (Å²) in [4.78, 5) is 23.4. The van der Waals surface area contributed by atoms with E-state index >= 15 is 0 Å². The summed E-state index contributed by atoms with van der Waals surface area (Å²) in [6.07, 6.45) is -1.29. The number of carbonyl (C=O) groups excluding carboxylic acids is 1. The molecule has 2 aromatic carbocycles. The number of nitrogens with one attached hydrogen (secondary N) is 1. The van der Waals surface area contributed by atoms with Crippen LogP contribution < -0.4 is 14.8 Å². The standard InChI is InChI=1S/C17H15NO5/c1-10-15(23-14-8-3-2-7-13(14)22-10)16(19)18-12-6-4-5-11(9-12)17(20)21/h2-10,15H,1H3,(H,18,19)(H,20,21)/t10-,15+/m1/s1. The average Bonchev–Trinajstić information content (AvgIpc) is 2.54. The summed E-state index contributed by atoms with van der Waals surface area (Å²) in [5.74, 6) is -0.350. The Balaban J connectivity index is 1.76. The van der Waals surface area contributed by atoms with Gasteiger partial charge >= 0.3 is 5.97 Å². The Kier molecular flexibility index (Phi) is 3.89. The molecule has 0 saturated carbocycles. The molecule has 2 atom stereocenters. The van der Waals surface area contributed by atoms with E-state index in [4.69, 9.17) is 14.6 Å². The van der Waals surface area contributed by atoms with Crippen LogP contribution in [-0.2, 0) is 4.79 Å². The van der Waals surface area contributed by atoms with Crippen molar-refractivity contribution in [3.8, 4) is 11.5 Å². The van der Waals surface area contributed by atoms with Crippen molar-refractivity contribution in [3.63, 3.8) is 0 Å². The van der Waals surface area contributed by atoms with Crippen LogP contribution >= 0.6 is 0 Å². The minimum Gasteiger partial charge on any atom is -0.482 e. The fourth-order valence-electron chi connectivity index (χ4n) is 2.35. The fraction of sp³-hybridized carbons (Fsp3) is 0.176. The van der Waals surface area contributed by atoms with E-state index < -0.39 is 24.1 Å². The Labute approximate surface area is 132 Å². The van der Waals surface area contributed by atoms with E-state index in [1.54, 1.807) is 37.3 Å². The Morgan fingerprint density at radius 1 is 1.04 bits per heavy atom. The van der Waals surface area contributed by atoms with Gasteiger partial charge in [-0.15, -0.1) is 0 Å². The van der Waals surface area contributed by atoms with Crippen LogP contribution in [0.3, 0.4) is 0 Å². The largest absolute Gasteiger partial charge is 0.482 e. The second-order valence-electron chi connectivity index (χ2n) is 5.18. The molecule has 0 saturated heterocycles. The second kappa shape index (κ2) is 6.00. The summed E-state index contributed by atoms with van der Waals surface area (Å²) >= 11 is 0. The quantitative estimate of drug-likeness (QED) is 0.909. The van der Waals surface area contributed by atoms with Gasteiger partial charge in [-0.25, -0.2) is 4.79 Å². The lowest BCUT2D eigenvalue weighted by atomic mass is 10.1. The summed E-state index contributed by atoms with van der Waals surface area (Å²) in [6.45, 7) is 1.74. The van der Waals surface area contributed by atoms with Crippen molar-refractivity contribution in [2.45, 2.75) is 19.1 Å². The Morgan fingerprint density at radius 3 is 2.43 bits per heavy atom. The molecular formula is C17H15NO5. The maximum atomic E-state index is 12.4. The molecule has 0 fully saturated rings. The lowest BCUT2D eigenvalue weighted by Gasteiger charge is -2.31. The van der Waals surface area contributed by atoms with Gasteiger partial charge in [0.25, 0.3) is 5.91 Å². The molecule has 0 unspecified atom stereocenters. The number of hydrogen-bond donors (Lipinski definition) is 2. The number of carboxylic acid groups (broad SMARTS) is 1. The molecule has 3 rings (SSSR count). The van der Waals surface area contributed by atoms with Crippen molar-refractivity contribution in [2.75, 3.05) is 5.32 Å². The lowest BCUT2D eigenvalue weighted by molar-refractivity contribution is -0.128. The number of hydrogen-bond acceptors (Lipinski definition) is 4. The molecule has 1 aliphatic rings. The van der Waals surface area contributed by atoms with Crippen LogP contribution in [0, 0.1) is 0 Å². The van der Waals surface area contributed by atoms with Crippen molar-refractivity contribution in [2.24, 2.45) is 0 Å². The van der Waals surface area contributed by atoms with Crippen molar-refractivity contribution in [1.29, 1.82) is 0 Å². The van der Waals surface area contributed by atoms with Crippen LogP contribution in [-0.4, -0.2) is 29.2 Å². The molecule has 0 spiro atoms. The summed E-state index contributed by atoms with van der Waals surface area (Å²) in [5.41, 5.74) is 0.492. The Hall–Kier alpha value is -3.02. The van der Waals surface area contributed by atoms with Gasteiger partial charge in [0.1, 0.15) is 6.10 Å². The highest BCUT2D eigenvalue weighted by Crippen LogP contribution is 2.33. The summed E-state index contributed by atoms with van der Waals surface area (Å²) in [7, 11) is 0. The number of benzene rings is 2. The highest BCUT2D eigenvalue weighted by atomic mass is 16.6. The van der Waals surface area contributed by atoms with Crippen LogP contribution in [0.4, 0.5) is 5.69 Å². The van der Waals surface area contributed by atoms with Gasteiger partial charge in [-0.1, -0.05) is 18.2 Å². The van der Waals surface area contributed by atoms with Crippen LogP contribution in [0.25, 0.3) is 0 Å². The van der Waals surface area contributed by atoms with Gasteiger partial charge < -0.3 is 19.9 Å². The maximum absolute atomic E-state index is 12.4. The normalized spacial score (nSPS) is 19.0. The molecular weight excluding hydrogens is 298 g/mol. The molecule has 0 bridgehead atoms. The first-order valence-corrected chi connectivity index (χ1v) is 7.11. The average molecular weight is 313 g/mol. The number of ether oxygens (including phenoxy) is 2. The number of fused-ring (bicyclic) bond motifs is 1. The van der Waals surface area contributed by atoms with E-state index in [9.17, 15) is 9.59 Å². The van der Waals surface area contributed by atoms with Gasteiger partial charge in [0.2, 0.25) is 6.10 Å². The number of amides is 1. The van der Waals surface area contributed by atoms with E-state index in [0.29, 0.717) is 17.2 Å². The summed E-state index contributed by atoms with van der Waals surface area (Å²) < 4.78 is 11.4. The molecule has 118 valence electrons. The number of carboxylic acids is 1. The first kappa shape index (κ1) is 14.9. The molecule has 0 radical (unpaired) electrons. The van der Waals surface area contributed by atoms with Crippen LogP contribution in [0.2, 0.25) is 0 Å². The van der Waals surface area contributed by atoms with E-state index in [2.05, 4.69) is 5.32 Å². The van der Waals surface area contributed by atoms with Gasteiger partial charge in [0, 0.05) is 5.69 Å². The number of anilines is 1. The highest BCUT2D eigenvalue weighted by Gasteiger charge is 2.34. The summed E-state index contributed by atoms with van der Waals surface area (Å²) in [6, 6.07) is 13.2. The monoisotopic (exact) mass is 313 g/mol. The Bertz CT molecular complexity index is 758. The second-order valence-corrected chi connectivity index (χ2v) is 5.18. The first-order valence-electron chi connectivity index (χ1n) is 7.11. The molecule has 1 aliphatic heterocycles. The van der Waals surface area contributed by atoms with Gasteiger partial charge in [-0.3, -0.25) is 4.79 Å². The van der Waals surface area contributed by atoms with E-state index in [0.717, 1.165) is 0 Å². The molecule has 6 heteroatoms. The van der Waals surface area contributed by atoms with Crippen LogP contribution in [0.5, 0.6) is 11.5 Å². The van der Waals surface area contributed by atoms with E-state index in [-0.39, 0.29) is 5.56 Å². The molecule has 1 amide bonds. The first-order chi connectivity index (χ1) is 11.0. The zero-order chi connectivity index (χ0) is 16.4. The van der Waals surface area contributed by atoms with E-state index in [1.165, 1.54) is 12.1 Å². The van der Waals surface area contributed by atoms with Crippen molar-refractivity contribution < 1.29 is 24.2 Å². The third kappa shape index (κ3) is 3.11. The summed E-state index contributed by atoms with van der Waals surface area (Å²) in [5, 5.41) is 11.6. The number of aromatic carboxylic acids is 1. The molecule has 6 nitrogen and oxygen atoms in total. The molecule has 0 aliphatic carbocycles. The molecule has 1 heterocycles. The molecule has 0 aromatic heterocycles. The third-order valence-electron chi connectivity index (χ3n) is 3.48. The topological polar surface area (TPSA) is 84.9 Å². The smallest absolute Gasteiger partial charge is 0.335 e. The molecule has 2 N–H and O–H groups in total. The van der Waals surface area contributed by atoms with Crippen molar-refractivity contribution in [3.05, 3.63) is 54.1 Å². The van der Waals surface area contributed by atoms with Crippen LogP contribution in [0.1, 0.15) is 17.3 Å². The predicted molar refractivity (Wildman–Crippen MR) is 83.0 cm³/mol. The maximum Gasteiger partial charge on any atom is 0.335 e. The van der Waals surface area contributed by atoms with Crippen LogP contribution in [0.15, 0.2) is 48.5 Å². The minimum atomic E-state index is -1.05. The van der Waals surface area contributed by atoms with Gasteiger partial charge in [0.05, 0.1) is 5.56 Å². The number of para-hydroxylation sites is 2. The number of carbonyl (C=O) groups is 2. The van der Waals surface area contributed by atoms with Crippen molar-refractivity contribution >= 4 is 17.6 Å². The van der Waals surface area contributed by atoms with E-state index in [1.807, 2.05) is 6.07 Å². The third-order valence-corrected chi connectivity index (χ3v) is 3.48. The minimum absolute atomic E-state index is 0.0991. The zero-order valence-electron chi connectivity index (χ0n) is 12.4. The van der Waals surface area contributed by atoms with Crippen molar-refractivity contribution in [1.82, 2.24) is 0 Å². The van der Waals surface area contributed by atoms with Gasteiger partial charge in [-0.05, 0) is 37.3 Å². The number of rotatable bonds is 3. The Morgan fingerprint density at radius 2 is 1.74 bits per heavy atom. The highest BCUT2D eigenvalue weighted by molar-refractivity contribution is 5.96. The lowest BCUT2D eigenvalue weighted by Crippen LogP contribution is -2.46. The van der Waals surface area contributed by atoms with Gasteiger partial charge in [0.15, 0.2) is 11.5 Å². The fourth-order valence-corrected chi connectivity index (χ4v) is 2.35. The predicted octanol–water partition coefficient (Wildman–Crippen LogP) is 2.55.